The van der Waals surface area contributed by atoms with Crippen molar-refractivity contribution in [2.45, 2.75) is 26.2 Å². The van der Waals surface area contributed by atoms with Gasteiger partial charge in [0.15, 0.2) is 0 Å². The van der Waals surface area contributed by atoms with Crippen molar-refractivity contribution in [1.29, 1.82) is 0 Å². The van der Waals surface area contributed by atoms with Crippen LogP contribution >= 0.6 is 0 Å². The fourth-order valence-electron chi connectivity index (χ4n) is 1.82. The summed E-state index contributed by atoms with van der Waals surface area (Å²) in [4.78, 5) is 0. The summed E-state index contributed by atoms with van der Waals surface area (Å²) in [6.07, 6.45) is 3.43. The Balaban J connectivity index is 2.09. The van der Waals surface area contributed by atoms with Gasteiger partial charge in [-0.2, -0.15) is 0 Å². The number of rotatable bonds is 3. The van der Waals surface area contributed by atoms with Crippen molar-refractivity contribution in [3.05, 3.63) is 35.4 Å². The zero-order valence-corrected chi connectivity index (χ0v) is 8.09. The van der Waals surface area contributed by atoms with E-state index in [1.807, 2.05) is 0 Å². The van der Waals surface area contributed by atoms with Crippen LogP contribution in [0.3, 0.4) is 0 Å². The van der Waals surface area contributed by atoms with Crippen molar-refractivity contribution in [1.82, 2.24) is 0 Å². The number of hydrogen-bond donors (Lipinski definition) is 1. The van der Waals surface area contributed by atoms with Crippen molar-refractivity contribution >= 4 is 0 Å². The SMILES string of the molecule is Cc1cccc(CC2(CO)CC2)c1. The summed E-state index contributed by atoms with van der Waals surface area (Å²) < 4.78 is 0. The van der Waals surface area contributed by atoms with E-state index in [9.17, 15) is 5.11 Å². The van der Waals surface area contributed by atoms with Crippen LogP contribution in [0.5, 0.6) is 0 Å². The van der Waals surface area contributed by atoms with E-state index in [2.05, 4.69) is 31.2 Å². The lowest BCUT2D eigenvalue weighted by molar-refractivity contribution is 0.211. The highest BCUT2D eigenvalue weighted by molar-refractivity contribution is 5.24. The summed E-state index contributed by atoms with van der Waals surface area (Å²) >= 11 is 0. The fourth-order valence-corrected chi connectivity index (χ4v) is 1.82. The zero-order chi connectivity index (χ0) is 9.31. The van der Waals surface area contributed by atoms with Crippen molar-refractivity contribution in [3.8, 4) is 0 Å². The van der Waals surface area contributed by atoms with Crippen LogP contribution in [0.1, 0.15) is 24.0 Å². The molecule has 1 heteroatoms. The molecule has 13 heavy (non-hydrogen) atoms. The van der Waals surface area contributed by atoms with Gasteiger partial charge < -0.3 is 5.11 Å². The molecule has 0 spiro atoms. The summed E-state index contributed by atoms with van der Waals surface area (Å²) in [6.45, 7) is 2.46. The van der Waals surface area contributed by atoms with Gasteiger partial charge in [0, 0.05) is 6.61 Å². The third kappa shape index (κ3) is 1.92. The Labute approximate surface area is 79.4 Å². The third-order valence-electron chi connectivity index (χ3n) is 2.95. The summed E-state index contributed by atoms with van der Waals surface area (Å²) in [5.74, 6) is 0. The van der Waals surface area contributed by atoms with Crippen LogP contribution in [-0.2, 0) is 6.42 Å². The molecule has 0 radical (unpaired) electrons. The van der Waals surface area contributed by atoms with Crippen LogP contribution in [0.25, 0.3) is 0 Å². The molecule has 1 nitrogen and oxygen atoms in total. The van der Waals surface area contributed by atoms with Crippen LogP contribution in [-0.4, -0.2) is 11.7 Å². The van der Waals surface area contributed by atoms with Crippen LogP contribution in [0.15, 0.2) is 24.3 Å². The minimum Gasteiger partial charge on any atom is -0.396 e. The molecule has 0 bridgehead atoms. The Bertz CT molecular complexity index is 300. The molecule has 1 aromatic carbocycles. The molecule has 1 N–H and O–H groups in total. The van der Waals surface area contributed by atoms with E-state index in [0.717, 1.165) is 6.42 Å². The lowest BCUT2D eigenvalue weighted by Gasteiger charge is -2.11. The summed E-state index contributed by atoms with van der Waals surface area (Å²) in [5.41, 5.74) is 2.92. The summed E-state index contributed by atoms with van der Waals surface area (Å²) in [6, 6.07) is 8.58. The maximum atomic E-state index is 9.19. The molecular weight excluding hydrogens is 160 g/mol. The monoisotopic (exact) mass is 176 g/mol. The molecular formula is C12H16O. The first-order valence-corrected chi connectivity index (χ1v) is 4.91. The molecule has 0 unspecified atom stereocenters. The Kier molecular flexibility index (Phi) is 2.12. The van der Waals surface area contributed by atoms with Gasteiger partial charge >= 0.3 is 0 Å². The molecule has 0 heterocycles. The second kappa shape index (κ2) is 3.15. The van der Waals surface area contributed by atoms with Crippen LogP contribution in [0.2, 0.25) is 0 Å². The van der Waals surface area contributed by atoms with Gasteiger partial charge in [0.25, 0.3) is 0 Å². The van der Waals surface area contributed by atoms with Gasteiger partial charge in [-0.15, -0.1) is 0 Å². The van der Waals surface area contributed by atoms with Crippen molar-refractivity contribution < 1.29 is 5.11 Å². The van der Waals surface area contributed by atoms with Gasteiger partial charge in [0.05, 0.1) is 0 Å². The van der Waals surface area contributed by atoms with E-state index in [4.69, 9.17) is 0 Å². The minimum atomic E-state index is 0.244. The van der Waals surface area contributed by atoms with Gasteiger partial charge in [-0.05, 0) is 37.2 Å². The largest absolute Gasteiger partial charge is 0.396 e. The Morgan fingerprint density at radius 1 is 1.38 bits per heavy atom. The normalized spacial score (nSPS) is 18.6. The van der Waals surface area contributed by atoms with Gasteiger partial charge in [0.2, 0.25) is 0 Å². The first kappa shape index (κ1) is 8.76. The summed E-state index contributed by atoms with van der Waals surface area (Å²) in [7, 11) is 0. The van der Waals surface area contributed by atoms with E-state index in [1.165, 1.54) is 24.0 Å². The second-order valence-electron chi connectivity index (χ2n) is 4.32. The highest BCUT2D eigenvalue weighted by Gasteiger charge is 2.41. The Hall–Kier alpha value is -0.820. The van der Waals surface area contributed by atoms with Gasteiger partial charge in [0.1, 0.15) is 0 Å². The zero-order valence-electron chi connectivity index (χ0n) is 8.09. The van der Waals surface area contributed by atoms with Crippen molar-refractivity contribution in [3.63, 3.8) is 0 Å². The average molecular weight is 176 g/mol. The predicted molar refractivity (Wildman–Crippen MR) is 53.6 cm³/mol. The minimum absolute atomic E-state index is 0.244. The van der Waals surface area contributed by atoms with Gasteiger partial charge in [-0.3, -0.25) is 0 Å². The van der Waals surface area contributed by atoms with Gasteiger partial charge in [-0.25, -0.2) is 0 Å². The van der Waals surface area contributed by atoms with Crippen LogP contribution in [0.4, 0.5) is 0 Å². The van der Waals surface area contributed by atoms with E-state index < -0.39 is 0 Å². The molecule has 1 fully saturated rings. The molecule has 1 saturated carbocycles. The highest BCUT2D eigenvalue weighted by Crippen LogP contribution is 2.47. The molecule has 70 valence electrons. The molecule has 1 aromatic rings. The maximum absolute atomic E-state index is 9.19. The fraction of sp³-hybridized carbons (Fsp3) is 0.500. The molecule has 1 aliphatic rings. The Morgan fingerprint density at radius 3 is 2.69 bits per heavy atom. The van der Waals surface area contributed by atoms with Crippen LogP contribution in [0, 0.1) is 12.3 Å². The molecule has 0 saturated heterocycles. The molecule has 0 aromatic heterocycles. The molecule has 1 aliphatic carbocycles. The molecule has 0 aliphatic heterocycles. The smallest absolute Gasteiger partial charge is 0.0490 e. The second-order valence-corrected chi connectivity index (χ2v) is 4.32. The molecule has 0 atom stereocenters. The van der Waals surface area contributed by atoms with E-state index in [1.54, 1.807) is 0 Å². The Morgan fingerprint density at radius 2 is 2.15 bits per heavy atom. The van der Waals surface area contributed by atoms with E-state index >= 15 is 0 Å². The van der Waals surface area contributed by atoms with Crippen LogP contribution < -0.4 is 0 Å². The third-order valence-corrected chi connectivity index (χ3v) is 2.95. The topological polar surface area (TPSA) is 20.2 Å². The standard InChI is InChI=1S/C12H16O/c1-10-3-2-4-11(7-10)8-12(9-13)5-6-12/h2-4,7,13H,5-6,8-9H2,1H3. The quantitative estimate of drug-likeness (QED) is 0.749. The molecule has 2 rings (SSSR count). The van der Waals surface area contributed by atoms with E-state index in [0.29, 0.717) is 6.61 Å². The number of hydrogen-bond acceptors (Lipinski definition) is 1. The van der Waals surface area contributed by atoms with Crippen molar-refractivity contribution in [2.75, 3.05) is 6.61 Å². The number of aliphatic hydroxyl groups is 1. The van der Waals surface area contributed by atoms with E-state index in [-0.39, 0.29) is 5.41 Å². The van der Waals surface area contributed by atoms with Crippen molar-refractivity contribution in [2.24, 2.45) is 5.41 Å². The average Bonchev–Trinajstić information content (AvgIpc) is 2.86. The highest BCUT2D eigenvalue weighted by atomic mass is 16.3. The number of aryl methyl sites for hydroxylation is 1. The lowest BCUT2D eigenvalue weighted by atomic mass is 9.96. The number of benzene rings is 1. The maximum Gasteiger partial charge on any atom is 0.0490 e. The molecule has 0 amide bonds. The lowest BCUT2D eigenvalue weighted by Crippen LogP contribution is -2.09. The first-order chi connectivity index (χ1) is 6.24. The van der Waals surface area contributed by atoms with Gasteiger partial charge in [-0.1, -0.05) is 29.8 Å². The summed E-state index contributed by atoms with van der Waals surface area (Å²) in [5, 5.41) is 9.19. The number of aliphatic hydroxyl groups excluding tert-OH is 1. The first-order valence-electron chi connectivity index (χ1n) is 4.91. The predicted octanol–water partition coefficient (Wildman–Crippen LogP) is 2.31.